The van der Waals surface area contributed by atoms with E-state index < -0.39 is 27.4 Å². The molecule has 1 saturated heterocycles. The lowest BCUT2D eigenvalue weighted by atomic mass is 9.99. The van der Waals surface area contributed by atoms with E-state index in [-0.39, 0.29) is 11.5 Å². The molecule has 3 rings (SSSR count). The largest absolute Gasteiger partial charge is 0.497 e. The maximum absolute atomic E-state index is 13.7. The van der Waals surface area contributed by atoms with Gasteiger partial charge in [-0.25, -0.2) is 21.5 Å². The van der Waals surface area contributed by atoms with Crippen LogP contribution in [0.2, 0.25) is 0 Å². The molecule has 4 nitrogen and oxygen atoms in total. The highest BCUT2D eigenvalue weighted by Crippen LogP contribution is 2.31. The Labute approximate surface area is 146 Å². The molecule has 0 aromatic heterocycles. The number of benzene rings is 2. The molecule has 0 amide bonds. The smallest absolute Gasteiger partial charge is 0.218 e. The van der Waals surface area contributed by atoms with Crippen molar-refractivity contribution < 1.29 is 21.9 Å². The first kappa shape index (κ1) is 17.8. The SMILES string of the molecule is COc1ccc([C@@H]2CCN(S(=O)(=O)Cc3cc(F)ccc3F)C2)cc1. The van der Waals surface area contributed by atoms with Crippen molar-refractivity contribution >= 4 is 10.0 Å². The first-order valence-corrected chi connectivity index (χ1v) is 9.55. The van der Waals surface area contributed by atoms with Gasteiger partial charge in [0.25, 0.3) is 0 Å². The van der Waals surface area contributed by atoms with Gasteiger partial charge in [0.05, 0.1) is 12.9 Å². The maximum Gasteiger partial charge on any atom is 0.218 e. The number of methoxy groups -OCH3 is 1. The van der Waals surface area contributed by atoms with E-state index in [1.807, 2.05) is 24.3 Å². The molecule has 134 valence electrons. The van der Waals surface area contributed by atoms with Gasteiger partial charge < -0.3 is 4.74 Å². The van der Waals surface area contributed by atoms with Gasteiger partial charge in [-0.1, -0.05) is 12.1 Å². The molecule has 0 aliphatic carbocycles. The number of rotatable bonds is 5. The Morgan fingerprint density at radius 1 is 1.16 bits per heavy atom. The van der Waals surface area contributed by atoms with Crippen LogP contribution in [0, 0.1) is 11.6 Å². The van der Waals surface area contributed by atoms with E-state index in [9.17, 15) is 17.2 Å². The number of hydrogen-bond acceptors (Lipinski definition) is 3. The highest BCUT2D eigenvalue weighted by molar-refractivity contribution is 7.88. The first-order chi connectivity index (χ1) is 11.9. The van der Waals surface area contributed by atoms with Crippen LogP contribution < -0.4 is 4.74 Å². The standard InChI is InChI=1S/C18H19F2NO3S/c1-24-17-5-2-13(3-6-17)14-8-9-21(11-14)25(22,23)12-15-10-16(19)4-7-18(15)20/h2-7,10,14H,8-9,11-12H2,1H3/t14-/m1/s1. The van der Waals surface area contributed by atoms with Crippen LogP contribution in [0.15, 0.2) is 42.5 Å². The molecule has 7 heteroatoms. The molecular formula is C18H19F2NO3S. The van der Waals surface area contributed by atoms with Crippen molar-refractivity contribution in [3.05, 3.63) is 65.2 Å². The second-order valence-corrected chi connectivity index (χ2v) is 8.08. The molecule has 1 aliphatic heterocycles. The van der Waals surface area contributed by atoms with Crippen LogP contribution in [0.3, 0.4) is 0 Å². The summed E-state index contributed by atoms with van der Waals surface area (Å²) in [6, 6.07) is 10.4. The van der Waals surface area contributed by atoms with Crippen LogP contribution >= 0.6 is 0 Å². The van der Waals surface area contributed by atoms with Crippen LogP contribution in [0.1, 0.15) is 23.5 Å². The fraction of sp³-hybridized carbons (Fsp3) is 0.333. The van der Waals surface area contributed by atoms with Crippen molar-refractivity contribution in [3.63, 3.8) is 0 Å². The van der Waals surface area contributed by atoms with Crippen LogP contribution in [-0.2, 0) is 15.8 Å². The zero-order chi connectivity index (χ0) is 18.0. The third-order valence-corrected chi connectivity index (χ3v) is 6.27. The summed E-state index contributed by atoms with van der Waals surface area (Å²) in [5.41, 5.74) is 0.892. The van der Waals surface area contributed by atoms with E-state index in [1.54, 1.807) is 7.11 Å². The first-order valence-electron chi connectivity index (χ1n) is 7.95. The van der Waals surface area contributed by atoms with Crippen molar-refractivity contribution in [2.45, 2.75) is 18.1 Å². The van der Waals surface area contributed by atoms with Gasteiger partial charge in [-0.3, -0.25) is 0 Å². The highest BCUT2D eigenvalue weighted by Gasteiger charge is 2.32. The average Bonchev–Trinajstić information content (AvgIpc) is 3.09. The topological polar surface area (TPSA) is 46.6 Å². The van der Waals surface area contributed by atoms with Gasteiger partial charge in [0.2, 0.25) is 10.0 Å². The summed E-state index contributed by atoms with van der Waals surface area (Å²) in [6.07, 6.45) is 0.692. The lowest BCUT2D eigenvalue weighted by Gasteiger charge is -2.17. The van der Waals surface area contributed by atoms with Crippen molar-refractivity contribution in [3.8, 4) is 5.75 Å². The number of halogens is 2. The maximum atomic E-state index is 13.7. The Bertz CT molecular complexity index is 853. The molecule has 0 spiro atoms. The second-order valence-electron chi connectivity index (χ2n) is 6.11. The van der Waals surface area contributed by atoms with Gasteiger partial charge in [-0.05, 0) is 48.2 Å². The molecular weight excluding hydrogens is 348 g/mol. The normalized spacial score (nSPS) is 18.4. The Hall–Kier alpha value is -1.99. The van der Waals surface area contributed by atoms with E-state index in [4.69, 9.17) is 4.74 Å². The van der Waals surface area contributed by atoms with Gasteiger partial charge in [0, 0.05) is 18.7 Å². The molecule has 2 aromatic carbocycles. The Kier molecular flexibility index (Phi) is 5.06. The van der Waals surface area contributed by atoms with E-state index in [1.165, 1.54) is 4.31 Å². The van der Waals surface area contributed by atoms with Crippen molar-refractivity contribution in [1.29, 1.82) is 0 Å². The number of nitrogens with zero attached hydrogens (tertiary/aromatic N) is 1. The van der Waals surface area contributed by atoms with Gasteiger partial charge in [0.1, 0.15) is 17.4 Å². The zero-order valence-electron chi connectivity index (χ0n) is 13.8. The molecule has 1 aliphatic rings. The van der Waals surface area contributed by atoms with Crippen molar-refractivity contribution in [2.75, 3.05) is 20.2 Å². The third kappa shape index (κ3) is 3.99. The second kappa shape index (κ2) is 7.09. The summed E-state index contributed by atoms with van der Waals surface area (Å²) in [5, 5.41) is 0. The minimum absolute atomic E-state index is 0.0815. The molecule has 25 heavy (non-hydrogen) atoms. The summed E-state index contributed by atoms with van der Waals surface area (Å²) in [5.74, 6) is -1.07. The number of ether oxygens (including phenoxy) is 1. The quantitative estimate of drug-likeness (QED) is 0.815. The molecule has 0 unspecified atom stereocenters. The molecule has 0 radical (unpaired) electrons. The zero-order valence-corrected chi connectivity index (χ0v) is 14.6. The van der Waals surface area contributed by atoms with Gasteiger partial charge in [-0.15, -0.1) is 0 Å². The Balaban J connectivity index is 1.72. The lowest BCUT2D eigenvalue weighted by molar-refractivity contribution is 0.414. The predicted molar refractivity (Wildman–Crippen MR) is 90.9 cm³/mol. The summed E-state index contributed by atoms with van der Waals surface area (Å²) >= 11 is 0. The van der Waals surface area contributed by atoms with Crippen molar-refractivity contribution in [2.24, 2.45) is 0 Å². The van der Waals surface area contributed by atoms with E-state index in [0.29, 0.717) is 19.5 Å². The van der Waals surface area contributed by atoms with E-state index >= 15 is 0 Å². The van der Waals surface area contributed by atoms with Crippen LogP contribution in [-0.4, -0.2) is 32.9 Å². The summed E-state index contributed by atoms with van der Waals surface area (Å²) in [4.78, 5) is 0. The van der Waals surface area contributed by atoms with Crippen LogP contribution in [0.5, 0.6) is 5.75 Å². The summed E-state index contributed by atoms with van der Waals surface area (Å²) < 4.78 is 58.6. The predicted octanol–water partition coefficient (Wildman–Crippen LogP) is 3.29. The number of hydrogen-bond donors (Lipinski definition) is 0. The van der Waals surface area contributed by atoms with Crippen LogP contribution in [0.25, 0.3) is 0 Å². The minimum atomic E-state index is -3.70. The average molecular weight is 367 g/mol. The molecule has 1 heterocycles. The molecule has 0 N–H and O–H groups in total. The summed E-state index contributed by atoms with van der Waals surface area (Å²) in [6.45, 7) is 0.710. The van der Waals surface area contributed by atoms with Gasteiger partial charge in [0.15, 0.2) is 0 Å². The van der Waals surface area contributed by atoms with Crippen molar-refractivity contribution in [1.82, 2.24) is 4.31 Å². The number of sulfonamides is 1. The monoisotopic (exact) mass is 367 g/mol. The third-order valence-electron chi connectivity index (χ3n) is 4.48. The summed E-state index contributed by atoms with van der Waals surface area (Å²) in [7, 11) is -2.12. The molecule has 0 saturated carbocycles. The Morgan fingerprint density at radius 3 is 2.56 bits per heavy atom. The molecule has 1 atom stereocenters. The van der Waals surface area contributed by atoms with E-state index in [0.717, 1.165) is 29.5 Å². The lowest BCUT2D eigenvalue weighted by Crippen LogP contribution is -2.30. The van der Waals surface area contributed by atoms with Crippen LogP contribution in [0.4, 0.5) is 8.78 Å². The highest BCUT2D eigenvalue weighted by atomic mass is 32.2. The molecule has 2 aromatic rings. The molecule has 0 bridgehead atoms. The van der Waals surface area contributed by atoms with E-state index in [2.05, 4.69) is 0 Å². The molecule has 1 fully saturated rings. The van der Waals surface area contributed by atoms with Gasteiger partial charge >= 0.3 is 0 Å². The van der Waals surface area contributed by atoms with Gasteiger partial charge in [-0.2, -0.15) is 0 Å². The Morgan fingerprint density at radius 2 is 1.88 bits per heavy atom. The minimum Gasteiger partial charge on any atom is -0.497 e. The fourth-order valence-electron chi connectivity index (χ4n) is 3.07. The fourth-order valence-corrected chi connectivity index (χ4v) is 4.66.